The van der Waals surface area contributed by atoms with E-state index < -0.39 is 0 Å². The van der Waals surface area contributed by atoms with Gasteiger partial charge in [-0.15, -0.1) is 24.0 Å². The molecule has 0 unspecified atom stereocenters. The Bertz CT molecular complexity index is 382. The number of hydrogen-bond donors (Lipinski definition) is 3. The third-order valence-corrected chi connectivity index (χ3v) is 4.50. The van der Waals surface area contributed by atoms with Gasteiger partial charge in [-0.25, -0.2) is 0 Å². The fraction of sp³-hybridized carbons (Fsp3) is 0.889. The number of amides is 1. The van der Waals surface area contributed by atoms with Crippen LogP contribution < -0.4 is 16.4 Å². The minimum Gasteiger partial charge on any atom is -0.369 e. The summed E-state index contributed by atoms with van der Waals surface area (Å²) in [6.45, 7) is 12.4. The Labute approximate surface area is 170 Å². The molecule has 0 radical (unpaired) electrons. The lowest BCUT2D eigenvalue weighted by Gasteiger charge is -2.30. The number of nitrogens with one attached hydrogen (secondary N) is 2. The summed E-state index contributed by atoms with van der Waals surface area (Å²) in [6.07, 6.45) is 5.23. The average Bonchev–Trinajstić information content (AvgIpc) is 2.54. The summed E-state index contributed by atoms with van der Waals surface area (Å²) < 4.78 is 0. The van der Waals surface area contributed by atoms with E-state index in [2.05, 4.69) is 41.3 Å². The molecule has 7 heteroatoms. The summed E-state index contributed by atoms with van der Waals surface area (Å²) in [4.78, 5) is 18.2. The number of nitrogens with two attached hydrogens (primary N) is 1. The van der Waals surface area contributed by atoms with E-state index >= 15 is 0 Å². The van der Waals surface area contributed by atoms with E-state index in [0.717, 1.165) is 77.3 Å². The largest absolute Gasteiger partial charge is 0.369 e. The maximum atomic E-state index is 11.2. The van der Waals surface area contributed by atoms with Crippen LogP contribution in [0.1, 0.15) is 52.9 Å². The number of rotatable bonds is 10. The second-order valence-electron chi connectivity index (χ2n) is 7.10. The van der Waals surface area contributed by atoms with E-state index in [1.54, 1.807) is 0 Å². The van der Waals surface area contributed by atoms with Gasteiger partial charge in [-0.2, -0.15) is 0 Å². The summed E-state index contributed by atoms with van der Waals surface area (Å²) in [5.74, 6) is 1.59. The Hall–Kier alpha value is -0.570. The van der Waals surface area contributed by atoms with Crippen molar-refractivity contribution in [3.05, 3.63) is 0 Å². The fourth-order valence-electron chi connectivity index (χ4n) is 2.90. The minimum atomic E-state index is -0.134. The van der Waals surface area contributed by atoms with Crippen molar-refractivity contribution in [1.82, 2.24) is 15.5 Å². The van der Waals surface area contributed by atoms with Crippen LogP contribution in [0.3, 0.4) is 0 Å². The number of primary amides is 1. The zero-order valence-electron chi connectivity index (χ0n) is 16.2. The summed E-state index contributed by atoms with van der Waals surface area (Å²) in [5.41, 5.74) is 5.37. The number of carbonyl (C=O) groups excluding carboxylic acids is 1. The van der Waals surface area contributed by atoms with E-state index in [1.165, 1.54) is 0 Å². The number of carbonyl (C=O) groups is 1. The first kappa shape index (κ1) is 24.4. The van der Waals surface area contributed by atoms with Gasteiger partial charge in [0.25, 0.3) is 0 Å². The number of piperidine rings is 1. The molecule has 0 aliphatic carbocycles. The number of likely N-dealkylation sites (tertiary alicyclic amines) is 1. The molecular formula is C18H38IN5O. The molecule has 25 heavy (non-hydrogen) atoms. The molecule has 148 valence electrons. The molecule has 1 amide bonds. The van der Waals surface area contributed by atoms with E-state index in [-0.39, 0.29) is 35.8 Å². The Morgan fingerprint density at radius 3 is 2.48 bits per heavy atom. The van der Waals surface area contributed by atoms with Crippen molar-refractivity contribution in [3.63, 3.8) is 0 Å². The van der Waals surface area contributed by atoms with Crippen molar-refractivity contribution in [2.45, 2.75) is 52.9 Å². The van der Waals surface area contributed by atoms with Crippen LogP contribution in [-0.2, 0) is 4.79 Å². The van der Waals surface area contributed by atoms with Gasteiger partial charge in [0.1, 0.15) is 0 Å². The van der Waals surface area contributed by atoms with Crippen LogP contribution in [0.4, 0.5) is 0 Å². The van der Waals surface area contributed by atoms with E-state index in [9.17, 15) is 4.79 Å². The number of hydrogen-bond acceptors (Lipinski definition) is 3. The smallest absolute Gasteiger partial charge is 0.220 e. The lowest BCUT2D eigenvalue weighted by Crippen LogP contribution is -2.39. The lowest BCUT2D eigenvalue weighted by atomic mass is 9.96. The van der Waals surface area contributed by atoms with Gasteiger partial charge in [0.15, 0.2) is 5.96 Å². The van der Waals surface area contributed by atoms with Crippen LogP contribution in [0.25, 0.3) is 0 Å². The van der Waals surface area contributed by atoms with E-state index in [0.29, 0.717) is 5.92 Å². The molecule has 1 saturated heterocycles. The predicted molar refractivity (Wildman–Crippen MR) is 116 cm³/mol. The van der Waals surface area contributed by atoms with Gasteiger partial charge in [0.05, 0.1) is 0 Å². The molecule has 1 fully saturated rings. The second-order valence-corrected chi connectivity index (χ2v) is 7.10. The minimum absolute atomic E-state index is 0. The first-order valence-electron chi connectivity index (χ1n) is 9.56. The molecule has 4 N–H and O–H groups in total. The van der Waals surface area contributed by atoms with Crippen LogP contribution in [0.5, 0.6) is 0 Å². The standard InChI is InChI=1S/C18H37N5O.HI/c1-4-20-18(22-11-7-15(2)3)21-10-5-6-12-23-13-8-16(9-14-23)17(19)24;/h15-16H,4-14H2,1-3H3,(H2,19,24)(H2,20,21,22);1H. The van der Waals surface area contributed by atoms with Crippen LogP contribution in [0.2, 0.25) is 0 Å². The van der Waals surface area contributed by atoms with Gasteiger partial charge < -0.3 is 21.3 Å². The van der Waals surface area contributed by atoms with Gasteiger partial charge in [0, 0.05) is 25.6 Å². The molecule has 1 rings (SSSR count). The summed E-state index contributed by atoms with van der Waals surface area (Å²) in [6, 6.07) is 0. The third-order valence-electron chi connectivity index (χ3n) is 4.50. The molecular weight excluding hydrogens is 429 g/mol. The first-order valence-corrected chi connectivity index (χ1v) is 9.56. The first-order chi connectivity index (χ1) is 11.5. The van der Waals surface area contributed by atoms with E-state index in [1.807, 2.05) is 0 Å². The second kappa shape index (κ2) is 14.6. The van der Waals surface area contributed by atoms with Gasteiger partial charge in [-0.3, -0.25) is 9.79 Å². The Kier molecular flexibility index (Phi) is 14.3. The molecule has 1 aliphatic heterocycles. The normalized spacial score (nSPS) is 16.6. The molecule has 0 spiro atoms. The van der Waals surface area contributed by atoms with Gasteiger partial charge in [-0.05, 0) is 64.6 Å². The summed E-state index contributed by atoms with van der Waals surface area (Å²) in [7, 11) is 0. The third kappa shape index (κ3) is 11.6. The van der Waals surface area contributed by atoms with Crippen molar-refractivity contribution >= 4 is 35.8 Å². The number of halogens is 1. The molecule has 0 aromatic heterocycles. The van der Waals surface area contributed by atoms with Crippen molar-refractivity contribution < 1.29 is 4.79 Å². The molecule has 0 saturated carbocycles. The van der Waals surface area contributed by atoms with Gasteiger partial charge in [-0.1, -0.05) is 13.8 Å². The molecule has 0 aromatic carbocycles. The van der Waals surface area contributed by atoms with Crippen LogP contribution in [0, 0.1) is 11.8 Å². The maximum Gasteiger partial charge on any atom is 0.220 e. The monoisotopic (exact) mass is 467 g/mol. The highest BCUT2D eigenvalue weighted by Crippen LogP contribution is 2.16. The number of nitrogens with zero attached hydrogens (tertiary/aromatic N) is 2. The Morgan fingerprint density at radius 2 is 1.92 bits per heavy atom. The molecule has 0 atom stereocenters. The van der Waals surface area contributed by atoms with Gasteiger partial charge >= 0.3 is 0 Å². The zero-order chi connectivity index (χ0) is 17.8. The topological polar surface area (TPSA) is 82.8 Å². The van der Waals surface area contributed by atoms with Crippen LogP contribution in [-0.4, -0.2) is 56.0 Å². The number of aliphatic imine (C=N–C) groups is 1. The van der Waals surface area contributed by atoms with Gasteiger partial charge in [0.2, 0.25) is 5.91 Å². The van der Waals surface area contributed by atoms with Crippen LogP contribution in [0.15, 0.2) is 4.99 Å². The molecule has 0 bridgehead atoms. The van der Waals surface area contributed by atoms with Crippen molar-refractivity contribution in [2.75, 3.05) is 39.3 Å². The molecule has 1 heterocycles. The zero-order valence-corrected chi connectivity index (χ0v) is 18.6. The molecule has 1 aliphatic rings. The highest BCUT2D eigenvalue weighted by Gasteiger charge is 2.22. The molecule has 6 nitrogen and oxygen atoms in total. The Balaban J connectivity index is 0.00000576. The fourth-order valence-corrected chi connectivity index (χ4v) is 2.90. The highest BCUT2D eigenvalue weighted by atomic mass is 127. The quantitative estimate of drug-likeness (QED) is 0.199. The van der Waals surface area contributed by atoms with E-state index in [4.69, 9.17) is 5.73 Å². The van der Waals surface area contributed by atoms with Crippen molar-refractivity contribution in [1.29, 1.82) is 0 Å². The lowest BCUT2D eigenvalue weighted by molar-refractivity contribution is -0.123. The SMILES string of the molecule is CCNC(=NCCCCN1CCC(C(N)=O)CC1)NCCC(C)C.I. The summed E-state index contributed by atoms with van der Waals surface area (Å²) in [5, 5.41) is 6.69. The predicted octanol–water partition coefficient (Wildman–Crippen LogP) is 2.18. The van der Waals surface area contributed by atoms with Crippen molar-refractivity contribution in [2.24, 2.45) is 22.6 Å². The number of unbranched alkanes of at least 4 members (excludes halogenated alkanes) is 1. The van der Waals surface area contributed by atoms with Crippen LogP contribution >= 0.6 is 24.0 Å². The Morgan fingerprint density at radius 1 is 1.24 bits per heavy atom. The average molecular weight is 467 g/mol. The molecule has 0 aromatic rings. The number of guanidine groups is 1. The highest BCUT2D eigenvalue weighted by molar-refractivity contribution is 14.0. The maximum absolute atomic E-state index is 11.2. The summed E-state index contributed by atoms with van der Waals surface area (Å²) >= 11 is 0. The van der Waals surface area contributed by atoms with Crippen molar-refractivity contribution in [3.8, 4) is 0 Å².